The van der Waals surface area contributed by atoms with E-state index < -0.39 is 80.7 Å². The zero-order valence-corrected chi connectivity index (χ0v) is 35.1. The van der Waals surface area contributed by atoms with Gasteiger partial charge in [-0.15, -0.1) is 0 Å². The second kappa shape index (κ2) is 33.2. The van der Waals surface area contributed by atoms with Crippen molar-refractivity contribution in [3.63, 3.8) is 0 Å². The Morgan fingerprint density at radius 1 is 0.429 bits per heavy atom. The van der Waals surface area contributed by atoms with Crippen molar-refractivity contribution >= 4 is 0 Å². The van der Waals surface area contributed by atoms with E-state index in [4.69, 9.17) is 28.4 Å². The first-order valence-corrected chi connectivity index (χ1v) is 22.7. The second-order valence-electron chi connectivity index (χ2n) is 16.2. The van der Waals surface area contributed by atoms with E-state index in [2.05, 4.69) is 13.8 Å². The molecule has 4 unspecified atom stereocenters. The molecule has 2 aliphatic heterocycles. The van der Waals surface area contributed by atoms with Crippen LogP contribution in [0.25, 0.3) is 0 Å². The smallest absolute Gasteiger partial charge is 0.187 e. The third kappa shape index (κ3) is 21.1. The fourth-order valence-electron chi connectivity index (χ4n) is 7.50. The minimum absolute atomic E-state index is 0.188. The third-order valence-corrected chi connectivity index (χ3v) is 11.2. The Morgan fingerprint density at radius 2 is 0.804 bits per heavy atom. The highest BCUT2D eigenvalue weighted by Crippen LogP contribution is 2.30. The molecule has 0 aromatic rings. The Kier molecular flexibility index (Phi) is 30.6. The molecule has 0 aromatic heterocycles. The molecule has 0 amide bonds. The van der Waals surface area contributed by atoms with Crippen LogP contribution in [0.5, 0.6) is 0 Å². The van der Waals surface area contributed by atoms with E-state index >= 15 is 0 Å². The van der Waals surface area contributed by atoms with Crippen LogP contribution < -0.4 is 0 Å². The Bertz CT molecular complexity index is 851. The van der Waals surface area contributed by atoms with Crippen LogP contribution >= 0.6 is 0 Å². The zero-order valence-electron chi connectivity index (χ0n) is 35.1. The van der Waals surface area contributed by atoms with Crippen molar-refractivity contribution in [2.24, 2.45) is 0 Å². The summed E-state index contributed by atoms with van der Waals surface area (Å²) in [6.07, 6.45) is 14.3. The van der Waals surface area contributed by atoms with E-state index in [0.717, 1.165) is 25.7 Å². The fourth-order valence-corrected chi connectivity index (χ4v) is 7.50. The normalized spacial score (nSPS) is 28.4. The predicted octanol–water partition coefficient (Wildman–Crippen LogP) is 5.43. The molecular weight excluding hydrogens is 724 g/mol. The number of rotatable bonds is 36. The first kappa shape index (κ1) is 51.6. The minimum Gasteiger partial charge on any atom is -0.394 e. The SMILES string of the molecule is CCCCCCCCCCCCCCOCC(COCCCCCCCCCCCCCC)O[C@@H]1OC(CO)C(O[C@@H]2OC(CO)C(O)[C@H](O)[C@@H]2O)[C@H](O)[C@@H]1O. The molecule has 13 heteroatoms. The maximum atomic E-state index is 11.1. The molecule has 10 atom stereocenters. The van der Waals surface area contributed by atoms with Gasteiger partial charge in [0.05, 0.1) is 26.4 Å². The average molecular weight is 809 g/mol. The number of unbranched alkanes of at least 4 members (excludes halogenated alkanes) is 22. The summed E-state index contributed by atoms with van der Waals surface area (Å²) in [5.41, 5.74) is 0. The van der Waals surface area contributed by atoms with E-state index in [1.54, 1.807) is 0 Å². The number of hydrogen-bond donors (Lipinski definition) is 7. The number of aliphatic hydroxyl groups excluding tert-OH is 7. The van der Waals surface area contributed by atoms with Crippen molar-refractivity contribution < 1.29 is 64.2 Å². The van der Waals surface area contributed by atoms with Gasteiger partial charge in [0.2, 0.25) is 0 Å². The van der Waals surface area contributed by atoms with Gasteiger partial charge in [0.1, 0.15) is 54.9 Å². The molecule has 56 heavy (non-hydrogen) atoms. The van der Waals surface area contributed by atoms with E-state index in [1.807, 2.05) is 0 Å². The molecule has 2 rings (SSSR count). The topological polar surface area (TPSA) is 197 Å². The summed E-state index contributed by atoms with van der Waals surface area (Å²) in [5, 5.41) is 72.6. The number of aliphatic hydroxyl groups is 7. The van der Waals surface area contributed by atoms with Gasteiger partial charge in [-0.1, -0.05) is 155 Å². The summed E-state index contributed by atoms with van der Waals surface area (Å²) in [4.78, 5) is 0. The largest absolute Gasteiger partial charge is 0.394 e. The Balaban J connectivity index is 1.80. The highest BCUT2D eigenvalue weighted by molar-refractivity contribution is 4.94. The van der Waals surface area contributed by atoms with Gasteiger partial charge in [0.15, 0.2) is 12.6 Å². The van der Waals surface area contributed by atoms with Crippen molar-refractivity contribution in [2.45, 2.75) is 235 Å². The van der Waals surface area contributed by atoms with E-state index in [9.17, 15) is 35.7 Å². The molecule has 2 fully saturated rings. The maximum Gasteiger partial charge on any atom is 0.187 e. The fraction of sp³-hybridized carbons (Fsp3) is 1.00. The molecule has 0 aliphatic carbocycles. The van der Waals surface area contributed by atoms with Crippen molar-refractivity contribution in [3.05, 3.63) is 0 Å². The van der Waals surface area contributed by atoms with E-state index in [-0.39, 0.29) is 13.2 Å². The lowest BCUT2D eigenvalue weighted by atomic mass is 9.97. The lowest BCUT2D eigenvalue weighted by molar-refractivity contribution is -0.364. The third-order valence-electron chi connectivity index (χ3n) is 11.2. The highest BCUT2D eigenvalue weighted by atomic mass is 16.7. The maximum absolute atomic E-state index is 11.1. The predicted molar refractivity (Wildman–Crippen MR) is 215 cm³/mol. The van der Waals surface area contributed by atoms with Gasteiger partial charge in [-0.3, -0.25) is 0 Å². The molecule has 0 bridgehead atoms. The van der Waals surface area contributed by atoms with Gasteiger partial charge in [0, 0.05) is 13.2 Å². The van der Waals surface area contributed by atoms with Gasteiger partial charge in [-0.2, -0.15) is 0 Å². The van der Waals surface area contributed by atoms with Crippen molar-refractivity contribution in [2.75, 3.05) is 39.6 Å². The van der Waals surface area contributed by atoms with Crippen LogP contribution in [0, 0.1) is 0 Å². The minimum atomic E-state index is -1.74. The van der Waals surface area contributed by atoms with Crippen molar-refractivity contribution in [1.29, 1.82) is 0 Å². The lowest BCUT2D eigenvalue weighted by Crippen LogP contribution is -2.65. The molecule has 0 saturated carbocycles. The van der Waals surface area contributed by atoms with Gasteiger partial charge in [0.25, 0.3) is 0 Å². The van der Waals surface area contributed by atoms with Crippen LogP contribution in [0.2, 0.25) is 0 Å². The number of hydrogen-bond acceptors (Lipinski definition) is 13. The summed E-state index contributed by atoms with van der Waals surface area (Å²) in [5.74, 6) is 0. The Morgan fingerprint density at radius 3 is 1.21 bits per heavy atom. The van der Waals surface area contributed by atoms with E-state index in [1.165, 1.54) is 128 Å². The average Bonchev–Trinajstić information content (AvgIpc) is 3.20. The quantitative estimate of drug-likeness (QED) is 0.0396. The first-order valence-electron chi connectivity index (χ1n) is 22.7. The standard InChI is InChI=1S/C43H84O13/c1-3-5-7-9-11-13-15-17-19-21-23-25-27-51-31-33(32-52-28-26-24-22-20-18-16-14-12-10-8-6-4-2)53-42-40(50)38(48)41(35(30-45)55-42)56-43-39(49)37(47)36(46)34(29-44)54-43/h33-50H,3-32H2,1-2H3/t34?,35?,36?,37-,38+,39-,40-,41?,42+,43-/m0/s1. The molecule has 7 N–H and O–H groups in total. The molecule has 2 saturated heterocycles. The summed E-state index contributed by atoms with van der Waals surface area (Å²) < 4.78 is 35.1. The monoisotopic (exact) mass is 809 g/mol. The van der Waals surface area contributed by atoms with Crippen LogP contribution in [-0.2, 0) is 28.4 Å². The summed E-state index contributed by atoms with van der Waals surface area (Å²) >= 11 is 0. The van der Waals surface area contributed by atoms with E-state index in [0.29, 0.717) is 13.2 Å². The molecule has 334 valence electrons. The summed E-state index contributed by atoms with van der Waals surface area (Å²) in [6.45, 7) is 4.68. The molecule has 2 aliphatic rings. The van der Waals surface area contributed by atoms with Gasteiger partial charge in [-0.05, 0) is 12.8 Å². The lowest BCUT2D eigenvalue weighted by Gasteiger charge is -2.46. The highest BCUT2D eigenvalue weighted by Gasteiger charge is 2.51. The van der Waals surface area contributed by atoms with Crippen LogP contribution in [0.3, 0.4) is 0 Å². The van der Waals surface area contributed by atoms with Gasteiger partial charge >= 0.3 is 0 Å². The summed E-state index contributed by atoms with van der Waals surface area (Å²) in [7, 11) is 0. The Hall–Kier alpha value is -0.520. The Labute approximate surface area is 338 Å². The molecule has 0 aromatic carbocycles. The summed E-state index contributed by atoms with van der Waals surface area (Å²) in [6, 6.07) is 0. The molecule has 2 heterocycles. The molecular formula is C43H84O13. The first-order chi connectivity index (χ1) is 27.3. The van der Waals surface area contributed by atoms with Crippen molar-refractivity contribution in [1.82, 2.24) is 0 Å². The van der Waals surface area contributed by atoms with Crippen molar-refractivity contribution in [3.8, 4) is 0 Å². The van der Waals surface area contributed by atoms with Crippen LogP contribution in [-0.4, -0.2) is 143 Å². The second-order valence-corrected chi connectivity index (χ2v) is 16.2. The van der Waals surface area contributed by atoms with Crippen LogP contribution in [0.15, 0.2) is 0 Å². The molecule has 0 radical (unpaired) electrons. The molecule has 13 nitrogen and oxygen atoms in total. The van der Waals surface area contributed by atoms with Gasteiger partial charge < -0.3 is 64.2 Å². The molecule has 0 spiro atoms. The van der Waals surface area contributed by atoms with Gasteiger partial charge in [-0.25, -0.2) is 0 Å². The van der Waals surface area contributed by atoms with Crippen LogP contribution in [0.1, 0.15) is 168 Å². The van der Waals surface area contributed by atoms with Crippen LogP contribution in [0.4, 0.5) is 0 Å². The number of ether oxygens (including phenoxy) is 6. The zero-order chi connectivity index (χ0) is 40.8.